The summed E-state index contributed by atoms with van der Waals surface area (Å²) in [6.07, 6.45) is 1.18. The van der Waals surface area contributed by atoms with Gasteiger partial charge < -0.3 is 10.0 Å². The van der Waals surface area contributed by atoms with E-state index in [0.29, 0.717) is 18.4 Å². The zero-order valence-electron chi connectivity index (χ0n) is 11.5. The Hall–Kier alpha value is -0.905. The minimum atomic E-state index is -1.61. The molecule has 0 radical (unpaired) electrons. The third-order valence-corrected chi connectivity index (χ3v) is 3.94. The predicted octanol–water partition coefficient (Wildman–Crippen LogP) is 0.983. The lowest BCUT2D eigenvalue weighted by atomic mass is 9.79. The zero-order valence-corrected chi connectivity index (χ0v) is 11.5. The number of hydrogen-bond acceptors (Lipinski definition) is 3. The fourth-order valence-electron chi connectivity index (χ4n) is 2.72. The van der Waals surface area contributed by atoms with Crippen LogP contribution in [0.3, 0.4) is 0 Å². The van der Waals surface area contributed by atoms with Crippen molar-refractivity contribution in [3.05, 3.63) is 29.6 Å². The van der Waals surface area contributed by atoms with Gasteiger partial charge in [-0.1, -0.05) is 19.9 Å². The first-order valence-corrected chi connectivity index (χ1v) is 6.83. The lowest BCUT2D eigenvalue weighted by molar-refractivity contribution is 0.296. The molecule has 1 aromatic carbocycles. The molecule has 1 heterocycles. The van der Waals surface area contributed by atoms with Crippen LogP contribution in [0.2, 0.25) is 0 Å². The van der Waals surface area contributed by atoms with Crippen LogP contribution in [-0.4, -0.2) is 35.2 Å². The van der Waals surface area contributed by atoms with E-state index in [4.69, 9.17) is 10.0 Å². The van der Waals surface area contributed by atoms with Gasteiger partial charge in [0.25, 0.3) is 0 Å². The molecule has 0 spiro atoms. The van der Waals surface area contributed by atoms with E-state index in [1.165, 1.54) is 12.5 Å². The van der Waals surface area contributed by atoms with Crippen molar-refractivity contribution in [2.45, 2.75) is 26.8 Å². The smallest absolute Gasteiger partial charge is 0.423 e. The Morgan fingerprint density at radius 3 is 2.68 bits per heavy atom. The van der Waals surface area contributed by atoms with Crippen molar-refractivity contribution < 1.29 is 14.4 Å². The van der Waals surface area contributed by atoms with Crippen LogP contribution in [0.15, 0.2) is 18.2 Å². The molecular formula is C14H21BFNO2. The molecule has 2 rings (SSSR count). The van der Waals surface area contributed by atoms with Crippen LogP contribution < -0.4 is 5.46 Å². The first kappa shape index (κ1) is 14.5. The van der Waals surface area contributed by atoms with Gasteiger partial charge in [-0.2, -0.15) is 0 Å². The normalized spacial score (nSPS) is 20.2. The van der Waals surface area contributed by atoms with Gasteiger partial charge in [-0.25, -0.2) is 4.39 Å². The summed E-state index contributed by atoms with van der Waals surface area (Å²) in [6.45, 7) is 7.19. The Balaban J connectivity index is 2.04. The van der Waals surface area contributed by atoms with E-state index >= 15 is 0 Å². The van der Waals surface area contributed by atoms with Crippen LogP contribution >= 0.6 is 0 Å². The number of hydrogen-bond donors (Lipinski definition) is 2. The summed E-state index contributed by atoms with van der Waals surface area (Å²) in [5, 5.41) is 18.2. The molecule has 104 valence electrons. The number of nitrogens with zero attached hydrogens (tertiary/aromatic N) is 1. The molecule has 2 N–H and O–H groups in total. The van der Waals surface area contributed by atoms with Gasteiger partial charge in [0.05, 0.1) is 0 Å². The quantitative estimate of drug-likeness (QED) is 0.798. The van der Waals surface area contributed by atoms with E-state index in [1.54, 1.807) is 6.07 Å². The SMILES string of the molecule is CC(C)C1CCN(Cc2cc(F)cc(B(O)O)c2)C1. The molecule has 1 unspecified atom stereocenters. The highest BCUT2D eigenvalue weighted by molar-refractivity contribution is 6.58. The molecule has 1 saturated heterocycles. The summed E-state index contributed by atoms with van der Waals surface area (Å²) in [5.41, 5.74) is 1.02. The second kappa shape index (κ2) is 6.03. The number of rotatable bonds is 4. The largest absolute Gasteiger partial charge is 0.488 e. The maximum Gasteiger partial charge on any atom is 0.488 e. The number of benzene rings is 1. The molecule has 3 nitrogen and oxygen atoms in total. The zero-order chi connectivity index (χ0) is 14.0. The van der Waals surface area contributed by atoms with Crippen molar-refractivity contribution in [2.24, 2.45) is 11.8 Å². The molecule has 1 aliphatic rings. The Labute approximate surface area is 114 Å². The first-order chi connectivity index (χ1) is 8.95. The van der Waals surface area contributed by atoms with E-state index in [0.717, 1.165) is 24.7 Å². The molecule has 0 aromatic heterocycles. The van der Waals surface area contributed by atoms with Crippen LogP contribution in [0.5, 0.6) is 0 Å². The van der Waals surface area contributed by atoms with Crippen LogP contribution in [0.4, 0.5) is 4.39 Å². The van der Waals surface area contributed by atoms with Crippen molar-refractivity contribution in [3.63, 3.8) is 0 Å². The Bertz CT molecular complexity index is 439. The van der Waals surface area contributed by atoms with Gasteiger partial charge in [-0.3, -0.25) is 4.90 Å². The summed E-state index contributed by atoms with van der Waals surface area (Å²) in [7, 11) is -1.61. The van der Waals surface area contributed by atoms with Crippen molar-refractivity contribution >= 4 is 12.6 Å². The average Bonchev–Trinajstić information content (AvgIpc) is 2.76. The fourth-order valence-corrected chi connectivity index (χ4v) is 2.72. The number of likely N-dealkylation sites (tertiary alicyclic amines) is 1. The summed E-state index contributed by atoms with van der Waals surface area (Å²) in [4.78, 5) is 2.30. The minimum absolute atomic E-state index is 0.217. The molecule has 1 aromatic rings. The maximum absolute atomic E-state index is 13.4. The monoisotopic (exact) mass is 265 g/mol. The molecule has 1 aliphatic heterocycles. The molecule has 1 atom stereocenters. The van der Waals surface area contributed by atoms with Crippen molar-refractivity contribution in [1.82, 2.24) is 4.90 Å². The van der Waals surface area contributed by atoms with Crippen LogP contribution in [-0.2, 0) is 6.54 Å². The molecule has 0 saturated carbocycles. The summed E-state index contributed by atoms with van der Waals surface area (Å²) < 4.78 is 13.4. The van der Waals surface area contributed by atoms with Gasteiger partial charge in [0, 0.05) is 13.1 Å². The van der Waals surface area contributed by atoms with E-state index in [1.807, 2.05) is 0 Å². The highest BCUT2D eigenvalue weighted by atomic mass is 19.1. The highest BCUT2D eigenvalue weighted by Gasteiger charge is 2.25. The van der Waals surface area contributed by atoms with Crippen molar-refractivity contribution in [1.29, 1.82) is 0 Å². The maximum atomic E-state index is 13.4. The lowest BCUT2D eigenvalue weighted by Crippen LogP contribution is -2.31. The van der Waals surface area contributed by atoms with Crippen LogP contribution in [0.25, 0.3) is 0 Å². The molecule has 0 aliphatic carbocycles. The third-order valence-electron chi connectivity index (χ3n) is 3.94. The molecule has 19 heavy (non-hydrogen) atoms. The van der Waals surface area contributed by atoms with E-state index in [2.05, 4.69) is 18.7 Å². The Morgan fingerprint density at radius 2 is 2.11 bits per heavy atom. The second-order valence-corrected chi connectivity index (χ2v) is 5.79. The van der Waals surface area contributed by atoms with Crippen molar-refractivity contribution in [2.75, 3.05) is 13.1 Å². The molecule has 5 heteroatoms. The average molecular weight is 265 g/mol. The summed E-state index contributed by atoms with van der Waals surface area (Å²) in [6, 6.07) is 4.29. The predicted molar refractivity (Wildman–Crippen MR) is 74.4 cm³/mol. The summed E-state index contributed by atoms with van der Waals surface area (Å²) in [5.74, 6) is 0.962. The highest BCUT2D eigenvalue weighted by Crippen LogP contribution is 2.24. The van der Waals surface area contributed by atoms with Crippen LogP contribution in [0.1, 0.15) is 25.8 Å². The molecular weight excluding hydrogens is 244 g/mol. The standard InChI is InChI=1S/C14H21BFNO2/c1-10(2)12-3-4-17(9-12)8-11-5-13(15(18)19)7-14(16)6-11/h5-7,10,12,18-19H,3-4,8-9H2,1-2H3. The minimum Gasteiger partial charge on any atom is -0.423 e. The van der Waals surface area contributed by atoms with Crippen molar-refractivity contribution in [3.8, 4) is 0 Å². The topological polar surface area (TPSA) is 43.7 Å². The Kier molecular flexibility index (Phi) is 4.60. The Morgan fingerprint density at radius 1 is 1.37 bits per heavy atom. The third kappa shape index (κ3) is 3.78. The summed E-state index contributed by atoms with van der Waals surface area (Å²) >= 11 is 0. The molecule has 0 bridgehead atoms. The van der Waals surface area contributed by atoms with Gasteiger partial charge in [0.2, 0.25) is 0 Å². The van der Waals surface area contributed by atoms with E-state index < -0.39 is 12.9 Å². The number of halogens is 1. The first-order valence-electron chi connectivity index (χ1n) is 6.83. The second-order valence-electron chi connectivity index (χ2n) is 5.79. The van der Waals surface area contributed by atoms with Gasteiger partial charge in [0.1, 0.15) is 5.82 Å². The molecule has 0 amide bonds. The van der Waals surface area contributed by atoms with Gasteiger partial charge in [0.15, 0.2) is 0 Å². The van der Waals surface area contributed by atoms with Gasteiger partial charge >= 0.3 is 7.12 Å². The van der Waals surface area contributed by atoms with Gasteiger partial charge in [-0.15, -0.1) is 0 Å². The fraction of sp³-hybridized carbons (Fsp3) is 0.571. The van der Waals surface area contributed by atoms with E-state index in [-0.39, 0.29) is 5.46 Å². The molecule has 1 fully saturated rings. The van der Waals surface area contributed by atoms with Gasteiger partial charge in [-0.05, 0) is 48.0 Å². The van der Waals surface area contributed by atoms with E-state index in [9.17, 15) is 4.39 Å². The van der Waals surface area contributed by atoms with Crippen LogP contribution in [0, 0.1) is 17.7 Å². The lowest BCUT2D eigenvalue weighted by Gasteiger charge is -2.18.